The maximum atomic E-state index is 12.5. The molecule has 0 atom stereocenters. The van der Waals surface area contributed by atoms with E-state index in [1.807, 2.05) is 28.7 Å². The molecule has 0 aliphatic rings. The van der Waals surface area contributed by atoms with Crippen molar-refractivity contribution in [1.29, 1.82) is 0 Å². The zero-order valence-corrected chi connectivity index (χ0v) is 14.0. The van der Waals surface area contributed by atoms with Crippen molar-refractivity contribution < 1.29 is 23.9 Å². The number of nitrogens with zero attached hydrogens (tertiary/aromatic N) is 1. The van der Waals surface area contributed by atoms with E-state index in [4.69, 9.17) is 0 Å². The number of esters is 2. The zero-order chi connectivity index (χ0) is 15.8. The Labute approximate surface area is 136 Å². The van der Waals surface area contributed by atoms with Crippen molar-refractivity contribution in [3.05, 3.63) is 33.4 Å². The Balaban J connectivity index is 2.89. The number of amides is 1. The summed E-state index contributed by atoms with van der Waals surface area (Å²) >= 11 is 2.05. The number of methoxy groups -OCH3 is 2. The molecule has 0 radical (unpaired) electrons. The molecule has 7 heteroatoms. The van der Waals surface area contributed by atoms with Crippen LogP contribution in [-0.2, 0) is 19.1 Å². The fourth-order valence-electron chi connectivity index (χ4n) is 1.61. The van der Waals surface area contributed by atoms with Crippen LogP contribution in [0.4, 0.5) is 0 Å². The summed E-state index contributed by atoms with van der Waals surface area (Å²) in [7, 11) is 2.52. The van der Waals surface area contributed by atoms with Crippen molar-refractivity contribution in [3.8, 4) is 0 Å². The lowest BCUT2D eigenvalue weighted by atomic mass is 10.2. The highest BCUT2D eigenvalue weighted by Gasteiger charge is 2.21. The lowest BCUT2D eigenvalue weighted by molar-refractivity contribution is -0.143. The molecule has 1 amide bonds. The van der Waals surface area contributed by atoms with Crippen molar-refractivity contribution in [3.63, 3.8) is 0 Å². The molecule has 0 unspecified atom stereocenters. The highest BCUT2D eigenvalue weighted by atomic mass is 127. The number of carbonyl (C=O) groups excluding carboxylic acids is 3. The summed E-state index contributed by atoms with van der Waals surface area (Å²) in [6, 6.07) is 7.03. The van der Waals surface area contributed by atoms with E-state index in [9.17, 15) is 14.4 Å². The van der Waals surface area contributed by atoms with Gasteiger partial charge in [0.05, 0.1) is 26.2 Å². The van der Waals surface area contributed by atoms with E-state index in [1.54, 1.807) is 18.2 Å². The molecule has 0 N–H and O–H groups in total. The lowest BCUT2D eigenvalue weighted by Crippen LogP contribution is -2.38. The zero-order valence-electron chi connectivity index (χ0n) is 11.8. The van der Waals surface area contributed by atoms with Crippen LogP contribution in [0.3, 0.4) is 0 Å². The first kappa shape index (κ1) is 17.4. The minimum atomic E-state index is -0.542. The van der Waals surface area contributed by atoms with Gasteiger partial charge in [-0.25, -0.2) is 0 Å². The Morgan fingerprint density at radius 1 is 1.10 bits per heavy atom. The summed E-state index contributed by atoms with van der Waals surface area (Å²) in [6.07, 6.45) is 0.0165. The first-order valence-corrected chi connectivity index (χ1v) is 7.25. The molecule has 0 saturated heterocycles. The number of benzene rings is 1. The third-order valence-electron chi connectivity index (χ3n) is 2.75. The van der Waals surface area contributed by atoms with Gasteiger partial charge in [0.15, 0.2) is 0 Å². The van der Waals surface area contributed by atoms with Crippen molar-refractivity contribution in [2.45, 2.75) is 6.42 Å². The minimum absolute atomic E-state index is 0.0165. The van der Waals surface area contributed by atoms with Crippen LogP contribution in [0.5, 0.6) is 0 Å². The molecular formula is C14H16INO5. The monoisotopic (exact) mass is 405 g/mol. The molecule has 0 bridgehead atoms. The van der Waals surface area contributed by atoms with Gasteiger partial charge in [0.2, 0.25) is 0 Å². The van der Waals surface area contributed by atoms with E-state index >= 15 is 0 Å². The first-order chi connectivity index (χ1) is 9.99. The predicted molar refractivity (Wildman–Crippen MR) is 83.7 cm³/mol. The van der Waals surface area contributed by atoms with Crippen molar-refractivity contribution in [2.24, 2.45) is 0 Å². The molecule has 0 aliphatic heterocycles. The maximum absolute atomic E-state index is 12.5. The van der Waals surface area contributed by atoms with Crippen LogP contribution in [0.15, 0.2) is 24.3 Å². The molecule has 114 valence electrons. The molecule has 21 heavy (non-hydrogen) atoms. The normalized spacial score (nSPS) is 9.86. The summed E-state index contributed by atoms with van der Waals surface area (Å²) in [5.41, 5.74) is 0.479. The molecule has 1 rings (SSSR count). The molecule has 0 aromatic heterocycles. The van der Waals surface area contributed by atoms with Crippen LogP contribution in [0.25, 0.3) is 0 Å². The number of hydrogen-bond donors (Lipinski definition) is 0. The largest absolute Gasteiger partial charge is 0.469 e. The van der Waals surface area contributed by atoms with E-state index in [-0.39, 0.29) is 25.4 Å². The summed E-state index contributed by atoms with van der Waals surface area (Å²) in [5, 5.41) is 0. The second kappa shape index (κ2) is 8.60. The molecule has 0 heterocycles. The van der Waals surface area contributed by atoms with Gasteiger partial charge in [0.25, 0.3) is 5.91 Å². The molecule has 1 aromatic rings. The van der Waals surface area contributed by atoms with Gasteiger partial charge in [-0.05, 0) is 34.7 Å². The minimum Gasteiger partial charge on any atom is -0.469 e. The van der Waals surface area contributed by atoms with Gasteiger partial charge in [-0.15, -0.1) is 0 Å². The highest BCUT2D eigenvalue weighted by Crippen LogP contribution is 2.14. The predicted octanol–water partition coefficient (Wildman–Crippen LogP) is 1.47. The fourth-order valence-corrected chi connectivity index (χ4v) is 2.22. The highest BCUT2D eigenvalue weighted by molar-refractivity contribution is 14.1. The molecular weight excluding hydrogens is 389 g/mol. The lowest BCUT2D eigenvalue weighted by Gasteiger charge is -2.21. The Morgan fingerprint density at radius 2 is 1.71 bits per heavy atom. The Bertz CT molecular complexity index is 532. The van der Waals surface area contributed by atoms with Gasteiger partial charge >= 0.3 is 11.9 Å². The van der Waals surface area contributed by atoms with E-state index in [1.165, 1.54) is 19.1 Å². The van der Waals surface area contributed by atoms with Crippen LogP contribution in [0.1, 0.15) is 16.8 Å². The van der Waals surface area contributed by atoms with Crippen LogP contribution >= 0.6 is 22.6 Å². The quantitative estimate of drug-likeness (QED) is 0.530. The molecule has 0 aliphatic carbocycles. The van der Waals surface area contributed by atoms with E-state index in [2.05, 4.69) is 9.47 Å². The van der Waals surface area contributed by atoms with Crippen molar-refractivity contribution >= 4 is 40.4 Å². The van der Waals surface area contributed by atoms with Crippen LogP contribution in [-0.4, -0.2) is 50.1 Å². The summed E-state index contributed by atoms with van der Waals surface area (Å²) < 4.78 is 9.90. The third-order valence-corrected chi connectivity index (χ3v) is 3.69. The molecule has 0 saturated carbocycles. The second-order valence-electron chi connectivity index (χ2n) is 4.11. The number of ether oxygens (including phenoxy) is 2. The van der Waals surface area contributed by atoms with Gasteiger partial charge in [0, 0.05) is 10.1 Å². The molecule has 1 aromatic carbocycles. The first-order valence-electron chi connectivity index (χ1n) is 6.17. The average Bonchev–Trinajstić information content (AvgIpc) is 2.50. The second-order valence-corrected chi connectivity index (χ2v) is 5.27. The number of hydrogen-bond acceptors (Lipinski definition) is 5. The Morgan fingerprint density at radius 3 is 2.29 bits per heavy atom. The fraction of sp³-hybridized carbons (Fsp3) is 0.357. The average molecular weight is 405 g/mol. The van der Waals surface area contributed by atoms with Gasteiger partial charge < -0.3 is 14.4 Å². The van der Waals surface area contributed by atoms with Crippen molar-refractivity contribution in [2.75, 3.05) is 27.3 Å². The Kier molecular flexibility index (Phi) is 7.13. The van der Waals surface area contributed by atoms with Crippen molar-refractivity contribution in [1.82, 2.24) is 4.90 Å². The summed E-state index contributed by atoms with van der Waals surface area (Å²) in [4.78, 5) is 36.4. The number of rotatable bonds is 6. The third kappa shape index (κ3) is 5.33. The van der Waals surface area contributed by atoms with Crippen LogP contribution in [0, 0.1) is 3.57 Å². The van der Waals surface area contributed by atoms with E-state index in [0.29, 0.717) is 5.56 Å². The van der Waals surface area contributed by atoms with Crippen LogP contribution in [0.2, 0.25) is 0 Å². The van der Waals surface area contributed by atoms with E-state index < -0.39 is 11.9 Å². The summed E-state index contributed by atoms with van der Waals surface area (Å²) in [5.74, 6) is -1.31. The molecule has 0 spiro atoms. The number of carbonyl (C=O) groups is 3. The number of halogens is 1. The SMILES string of the molecule is COC(=O)CCN(CC(=O)OC)C(=O)c1ccccc1I. The van der Waals surface area contributed by atoms with Gasteiger partial charge in [0.1, 0.15) is 6.54 Å². The van der Waals surface area contributed by atoms with E-state index in [0.717, 1.165) is 3.57 Å². The molecule has 0 fully saturated rings. The standard InChI is InChI=1S/C14H16INO5/c1-20-12(17)7-8-16(9-13(18)21-2)14(19)10-5-3-4-6-11(10)15/h3-6H,7-9H2,1-2H3. The van der Waals surface area contributed by atoms with Crippen LogP contribution < -0.4 is 0 Å². The topological polar surface area (TPSA) is 72.9 Å². The Hall–Kier alpha value is -1.64. The maximum Gasteiger partial charge on any atom is 0.325 e. The van der Waals surface area contributed by atoms with Gasteiger partial charge in [-0.3, -0.25) is 14.4 Å². The van der Waals surface area contributed by atoms with Gasteiger partial charge in [-0.2, -0.15) is 0 Å². The smallest absolute Gasteiger partial charge is 0.325 e. The van der Waals surface area contributed by atoms with Gasteiger partial charge in [-0.1, -0.05) is 12.1 Å². The molecule has 6 nitrogen and oxygen atoms in total. The summed E-state index contributed by atoms with van der Waals surface area (Å²) in [6.45, 7) is -0.122.